The number of ether oxygens (including phenoxy) is 1. The van der Waals surface area contributed by atoms with Crippen LogP contribution in [0.2, 0.25) is 0 Å². The second-order valence-corrected chi connectivity index (χ2v) is 19.2. The average molecular weight is 724 g/mol. The third kappa shape index (κ3) is 10.9. The molecule has 3 N–H and O–H groups in total. The number of hydrogen-bond donors (Lipinski definition) is 3. The van der Waals surface area contributed by atoms with Crippen molar-refractivity contribution < 1.29 is 32.4 Å². The van der Waals surface area contributed by atoms with E-state index in [4.69, 9.17) is 9.29 Å². The van der Waals surface area contributed by atoms with Gasteiger partial charge >= 0.3 is 5.97 Å². The summed E-state index contributed by atoms with van der Waals surface area (Å²) in [5, 5.41) is 14.5. The number of fused-ring (bicyclic) bond motifs is 5. The SMILES string of the molecule is CCCCCCCCCCCCCCC(=O)OC1CCC2(C)C(CCC3C2CC(O)C2(C)C(C(C)CCC(=O)NCCS(=O)(=O)O)CCC32)C1. The summed E-state index contributed by atoms with van der Waals surface area (Å²) in [5.74, 6) is 2.06. The highest BCUT2D eigenvalue weighted by Gasteiger charge is 2.63. The second-order valence-electron chi connectivity index (χ2n) is 17.6. The monoisotopic (exact) mass is 724 g/mol. The van der Waals surface area contributed by atoms with E-state index < -0.39 is 15.9 Å². The van der Waals surface area contributed by atoms with Gasteiger partial charge in [0.1, 0.15) is 6.10 Å². The lowest BCUT2D eigenvalue weighted by Gasteiger charge is -2.62. The molecule has 4 rings (SSSR count). The van der Waals surface area contributed by atoms with Crippen LogP contribution in [0.5, 0.6) is 0 Å². The first-order valence-corrected chi connectivity index (χ1v) is 22.5. The molecule has 0 aromatic carbocycles. The van der Waals surface area contributed by atoms with E-state index >= 15 is 0 Å². The number of carbonyl (C=O) groups is 2. The number of amides is 1. The third-order valence-electron chi connectivity index (χ3n) is 14.5. The van der Waals surface area contributed by atoms with Gasteiger partial charge in [-0.2, -0.15) is 8.42 Å². The molecule has 4 fully saturated rings. The Kier molecular flexibility index (Phi) is 16.0. The van der Waals surface area contributed by atoms with Gasteiger partial charge in [0.2, 0.25) is 5.91 Å². The van der Waals surface area contributed by atoms with E-state index in [1.54, 1.807) is 0 Å². The summed E-state index contributed by atoms with van der Waals surface area (Å²) in [7, 11) is -4.09. The third-order valence-corrected chi connectivity index (χ3v) is 15.2. The van der Waals surface area contributed by atoms with Crippen molar-refractivity contribution in [2.75, 3.05) is 12.3 Å². The Morgan fingerprint density at radius 1 is 0.840 bits per heavy atom. The van der Waals surface area contributed by atoms with Crippen molar-refractivity contribution >= 4 is 22.0 Å². The number of carbonyl (C=O) groups excluding carboxylic acids is 2. The standard InChI is InChI=1S/C41H73NO7S/c1-5-6-7-8-9-10-11-12-13-14-15-16-17-39(45)49-32-24-25-40(3)31(28-32)19-20-33-35-22-21-34(41(35,4)37(43)29-36(33)40)30(2)18-23-38(44)42-26-27-50(46,47)48/h30-37,43H,5-29H2,1-4H3,(H,42,44)(H,46,47,48). The summed E-state index contributed by atoms with van der Waals surface area (Å²) in [5.41, 5.74) is 0.0132. The fourth-order valence-corrected chi connectivity index (χ4v) is 11.9. The number of rotatable bonds is 21. The molecule has 0 spiro atoms. The van der Waals surface area contributed by atoms with Crippen LogP contribution in [0, 0.1) is 46.3 Å². The quantitative estimate of drug-likeness (QED) is 0.0612. The van der Waals surface area contributed by atoms with Crippen molar-refractivity contribution in [2.45, 2.75) is 188 Å². The fourth-order valence-electron chi connectivity index (χ4n) is 11.6. The van der Waals surface area contributed by atoms with Crippen LogP contribution in [0.4, 0.5) is 0 Å². The zero-order chi connectivity index (χ0) is 36.4. The molecule has 4 aliphatic carbocycles. The number of unbranched alkanes of at least 4 members (excludes halogenated alkanes) is 11. The lowest BCUT2D eigenvalue weighted by Crippen LogP contribution is -2.59. The summed E-state index contributed by atoms with van der Waals surface area (Å²) in [6.45, 7) is 9.19. The highest BCUT2D eigenvalue weighted by molar-refractivity contribution is 7.85. The Labute approximate surface area is 305 Å². The van der Waals surface area contributed by atoms with Gasteiger partial charge in [0, 0.05) is 19.4 Å². The largest absolute Gasteiger partial charge is 0.462 e. The van der Waals surface area contributed by atoms with Crippen LogP contribution in [0.15, 0.2) is 0 Å². The van der Waals surface area contributed by atoms with E-state index in [9.17, 15) is 23.1 Å². The Hall–Kier alpha value is -1.19. The van der Waals surface area contributed by atoms with Crippen molar-refractivity contribution in [2.24, 2.45) is 46.3 Å². The van der Waals surface area contributed by atoms with Gasteiger partial charge in [-0.15, -0.1) is 0 Å². The molecule has 0 aromatic rings. The maximum absolute atomic E-state index is 12.8. The molecule has 0 aromatic heterocycles. The number of nitrogens with one attached hydrogen (secondary N) is 1. The molecule has 0 radical (unpaired) electrons. The van der Waals surface area contributed by atoms with Crippen LogP contribution >= 0.6 is 0 Å². The molecule has 0 aliphatic heterocycles. The van der Waals surface area contributed by atoms with E-state index in [0.29, 0.717) is 48.9 Å². The molecular formula is C41H73NO7S. The number of aliphatic hydroxyl groups is 1. The maximum Gasteiger partial charge on any atom is 0.306 e. The molecule has 0 saturated heterocycles. The van der Waals surface area contributed by atoms with Crippen LogP contribution in [-0.4, -0.2) is 54.5 Å². The van der Waals surface area contributed by atoms with E-state index in [1.807, 2.05) is 0 Å². The summed E-state index contributed by atoms with van der Waals surface area (Å²) in [4.78, 5) is 25.2. The predicted octanol–water partition coefficient (Wildman–Crippen LogP) is 9.04. The molecular weight excluding hydrogens is 651 g/mol. The number of aliphatic hydroxyl groups excluding tert-OH is 1. The summed E-state index contributed by atoms with van der Waals surface area (Å²) in [6, 6.07) is 0. The highest BCUT2D eigenvalue weighted by atomic mass is 32.2. The molecule has 0 bridgehead atoms. The molecule has 4 saturated carbocycles. The number of hydrogen-bond acceptors (Lipinski definition) is 6. The first-order chi connectivity index (χ1) is 23.8. The van der Waals surface area contributed by atoms with E-state index in [1.165, 1.54) is 77.0 Å². The Balaban J connectivity index is 1.18. The first kappa shape index (κ1) is 41.6. The average Bonchev–Trinajstić information content (AvgIpc) is 3.43. The zero-order valence-corrected chi connectivity index (χ0v) is 33.0. The molecule has 290 valence electrons. The lowest BCUT2D eigenvalue weighted by molar-refractivity contribution is -0.181. The summed E-state index contributed by atoms with van der Waals surface area (Å²) in [6.07, 6.45) is 25.1. The van der Waals surface area contributed by atoms with E-state index in [-0.39, 0.29) is 47.4 Å². The summed E-state index contributed by atoms with van der Waals surface area (Å²) >= 11 is 0. The molecule has 10 atom stereocenters. The second kappa shape index (κ2) is 19.2. The van der Waals surface area contributed by atoms with Crippen LogP contribution in [0.25, 0.3) is 0 Å². The van der Waals surface area contributed by atoms with Crippen LogP contribution in [-0.2, 0) is 24.4 Å². The van der Waals surface area contributed by atoms with Crippen molar-refractivity contribution in [1.82, 2.24) is 5.32 Å². The zero-order valence-electron chi connectivity index (χ0n) is 32.1. The van der Waals surface area contributed by atoms with Crippen LogP contribution in [0.1, 0.15) is 175 Å². The molecule has 1 amide bonds. The topological polar surface area (TPSA) is 130 Å². The molecule has 0 heterocycles. The molecule has 50 heavy (non-hydrogen) atoms. The smallest absolute Gasteiger partial charge is 0.306 e. The van der Waals surface area contributed by atoms with Crippen molar-refractivity contribution in [1.29, 1.82) is 0 Å². The van der Waals surface area contributed by atoms with Gasteiger partial charge in [0.05, 0.1) is 11.9 Å². The van der Waals surface area contributed by atoms with Gasteiger partial charge in [-0.3, -0.25) is 14.1 Å². The van der Waals surface area contributed by atoms with Gasteiger partial charge in [-0.1, -0.05) is 98.3 Å². The number of esters is 1. The Morgan fingerprint density at radius 2 is 1.48 bits per heavy atom. The lowest BCUT2D eigenvalue weighted by atomic mass is 9.43. The van der Waals surface area contributed by atoms with Crippen molar-refractivity contribution in [3.05, 3.63) is 0 Å². The van der Waals surface area contributed by atoms with Gasteiger partial charge in [-0.25, -0.2) is 0 Å². The fraction of sp³-hybridized carbons (Fsp3) is 0.951. The minimum absolute atomic E-state index is 0.00933. The maximum atomic E-state index is 12.8. The van der Waals surface area contributed by atoms with Crippen LogP contribution < -0.4 is 5.32 Å². The highest BCUT2D eigenvalue weighted by Crippen LogP contribution is 2.68. The molecule has 4 aliphatic rings. The molecule has 8 nitrogen and oxygen atoms in total. The molecule has 9 heteroatoms. The van der Waals surface area contributed by atoms with Crippen molar-refractivity contribution in [3.63, 3.8) is 0 Å². The summed E-state index contributed by atoms with van der Waals surface area (Å²) < 4.78 is 36.9. The Bertz CT molecular complexity index is 1180. The normalized spacial score (nSPS) is 34.3. The van der Waals surface area contributed by atoms with E-state index in [0.717, 1.165) is 51.4 Å². The van der Waals surface area contributed by atoms with Crippen molar-refractivity contribution in [3.8, 4) is 0 Å². The molecule has 10 unspecified atom stereocenters. The van der Waals surface area contributed by atoms with Crippen LogP contribution in [0.3, 0.4) is 0 Å². The minimum Gasteiger partial charge on any atom is -0.462 e. The van der Waals surface area contributed by atoms with Gasteiger partial charge in [0.25, 0.3) is 10.1 Å². The van der Waals surface area contributed by atoms with E-state index in [2.05, 4.69) is 33.0 Å². The minimum atomic E-state index is -4.09. The predicted molar refractivity (Wildman–Crippen MR) is 200 cm³/mol. The van der Waals surface area contributed by atoms with Gasteiger partial charge < -0.3 is 15.2 Å². The Morgan fingerprint density at radius 3 is 2.12 bits per heavy atom. The van der Waals surface area contributed by atoms with Gasteiger partial charge in [0.15, 0.2) is 0 Å². The first-order valence-electron chi connectivity index (χ1n) is 20.9. The van der Waals surface area contributed by atoms with Gasteiger partial charge in [-0.05, 0) is 111 Å².